The maximum atomic E-state index is 13.2. The quantitative estimate of drug-likeness (QED) is 0.427. The number of nitrogens with one attached hydrogen (secondary N) is 1. The van der Waals surface area contributed by atoms with Crippen molar-refractivity contribution in [2.75, 3.05) is 0 Å². The third kappa shape index (κ3) is 3.24. The molecule has 2 aromatic heterocycles. The van der Waals surface area contributed by atoms with Crippen molar-refractivity contribution >= 4 is 22.6 Å². The molecule has 0 aliphatic carbocycles. The first-order valence-corrected chi connectivity index (χ1v) is 10.8. The second-order valence-electron chi connectivity index (χ2n) is 8.01. The first-order valence-electron chi connectivity index (χ1n) is 10.8. The van der Waals surface area contributed by atoms with Gasteiger partial charge in [0.25, 0.3) is 5.91 Å². The first-order chi connectivity index (χ1) is 16.6. The second kappa shape index (κ2) is 7.70. The van der Waals surface area contributed by atoms with Gasteiger partial charge in [-0.1, -0.05) is 48.5 Å². The number of carbonyl (C=O) groups is 1. The number of fused-ring (bicyclic) bond motifs is 4. The van der Waals surface area contributed by atoms with Crippen LogP contribution in [0.4, 0.5) is 0 Å². The van der Waals surface area contributed by atoms with Crippen molar-refractivity contribution in [3.8, 4) is 11.4 Å². The van der Waals surface area contributed by atoms with E-state index in [-0.39, 0.29) is 11.5 Å². The normalized spacial score (nSPS) is 14.7. The third-order valence-corrected chi connectivity index (χ3v) is 5.79. The summed E-state index contributed by atoms with van der Waals surface area (Å²) in [4.78, 5) is 18.2. The Kier molecular flexibility index (Phi) is 4.51. The Hall–Kier alpha value is -4.72. The summed E-state index contributed by atoms with van der Waals surface area (Å²) in [6, 6.07) is 24.0. The van der Waals surface area contributed by atoms with Gasteiger partial charge in [0.15, 0.2) is 17.8 Å². The van der Waals surface area contributed by atoms with Crippen LogP contribution in [0.15, 0.2) is 88.3 Å². The van der Waals surface area contributed by atoms with Crippen LogP contribution >= 0.6 is 0 Å². The molecule has 0 radical (unpaired) electrons. The average Bonchev–Trinajstić information content (AvgIpc) is 3.42. The van der Waals surface area contributed by atoms with E-state index in [0.29, 0.717) is 22.6 Å². The van der Waals surface area contributed by atoms with Gasteiger partial charge in [-0.2, -0.15) is 0 Å². The molecule has 0 saturated carbocycles. The number of aliphatic imine (C=N–C) groups is 1. The van der Waals surface area contributed by atoms with Crippen LogP contribution in [0.2, 0.25) is 0 Å². The van der Waals surface area contributed by atoms with Crippen molar-refractivity contribution in [1.29, 1.82) is 0 Å². The average molecular weight is 449 g/mol. The molecule has 3 heterocycles. The fourth-order valence-electron chi connectivity index (χ4n) is 4.24. The van der Waals surface area contributed by atoms with Gasteiger partial charge in [0, 0.05) is 16.5 Å². The smallest absolute Gasteiger partial charge is 0.289 e. The summed E-state index contributed by atoms with van der Waals surface area (Å²) in [6.07, 6.45) is -0.807. The number of hydrogen-bond donors (Lipinski definition) is 2. The molecule has 166 valence electrons. The molecule has 1 unspecified atom stereocenters. The van der Waals surface area contributed by atoms with Gasteiger partial charge < -0.3 is 14.8 Å². The highest BCUT2D eigenvalue weighted by Gasteiger charge is 2.29. The van der Waals surface area contributed by atoms with Crippen molar-refractivity contribution in [2.45, 2.75) is 13.1 Å². The Morgan fingerprint density at radius 1 is 1.00 bits per heavy atom. The summed E-state index contributed by atoms with van der Waals surface area (Å²) in [5, 5.41) is 21.9. The van der Waals surface area contributed by atoms with Crippen LogP contribution < -0.4 is 5.32 Å². The van der Waals surface area contributed by atoms with Gasteiger partial charge in [-0.3, -0.25) is 14.4 Å². The number of furan rings is 1. The number of para-hydroxylation sites is 1. The standard InChI is InChI=1S/C26H19N5O3/c1-15-29-30-25-24(28-26(33)22-14-17-13-18(32)11-12-21(17)34-22)27-23(16-7-3-2-4-8-16)19-9-5-6-10-20(19)31(15)25/h2-14,24,32H,1H3,(H,28,33). The van der Waals surface area contributed by atoms with E-state index in [1.807, 2.05) is 66.1 Å². The summed E-state index contributed by atoms with van der Waals surface area (Å²) in [7, 11) is 0. The number of amides is 1. The SMILES string of the molecule is Cc1nnc2n1-c1ccccc1C(c1ccccc1)=NC2NC(=O)c1cc2cc(O)ccc2o1. The zero-order valence-electron chi connectivity index (χ0n) is 18.1. The minimum atomic E-state index is -0.807. The topological polar surface area (TPSA) is 106 Å². The number of rotatable bonds is 3. The van der Waals surface area contributed by atoms with Crippen LogP contribution in [0.25, 0.3) is 16.7 Å². The van der Waals surface area contributed by atoms with Gasteiger partial charge in [0.1, 0.15) is 17.2 Å². The Morgan fingerprint density at radius 2 is 1.79 bits per heavy atom. The number of phenols is 1. The molecule has 34 heavy (non-hydrogen) atoms. The lowest BCUT2D eigenvalue weighted by atomic mass is 10.0. The number of hydrogen-bond acceptors (Lipinski definition) is 6. The largest absolute Gasteiger partial charge is 0.508 e. The molecule has 8 heteroatoms. The molecule has 2 N–H and O–H groups in total. The van der Waals surface area contributed by atoms with Crippen LogP contribution in [0.1, 0.15) is 39.5 Å². The number of benzene rings is 3. The highest BCUT2D eigenvalue weighted by molar-refractivity contribution is 6.15. The fourth-order valence-corrected chi connectivity index (χ4v) is 4.24. The zero-order chi connectivity index (χ0) is 23.2. The molecule has 8 nitrogen and oxygen atoms in total. The summed E-state index contributed by atoms with van der Waals surface area (Å²) in [5.41, 5.74) is 3.96. The van der Waals surface area contributed by atoms with Gasteiger partial charge in [-0.25, -0.2) is 0 Å². The summed E-state index contributed by atoms with van der Waals surface area (Å²) in [5.74, 6) is 0.947. The van der Waals surface area contributed by atoms with E-state index in [9.17, 15) is 9.90 Å². The van der Waals surface area contributed by atoms with Gasteiger partial charge in [0.05, 0.1) is 11.4 Å². The molecule has 6 rings (SSSR count). The minimum absolute atomic E-state index is 0.0995. The van der Waals surface area contributed by atoms with Crippen LogP contribution in [0.3, 0.4) is 0 Å². The Balaban J connectivity index is 1.48. The molecule has 1 aliphatic heterocycles. The van der Waals surface area contributed by atoms with Crippen molar-refractivity contribution in [3.05, 3.63) is 107 Å². The summed E-state index contributed by atoms with van der Waals surface area (Å²) >= 11 is 0. The lowest BCUT2D eigenvalue weighted by Crippen LogP contribution is -2.29. The number of phenolic OH excluding ortho intramolecular Hbond substituents is 1. The Labute approximate surface area is 194 Å². The molecule has 1 atom stereocenters. The molecule has 0 saturated heterocycles. The van der Waals surface area contributed by atoms with E-state index in [2.05, 4.69) is 15.5 Å². The van der Waals surface area contributed by atoms with Crippen molar-refractivity contribution in [3.63, 3.8) is 0 Å². The van der Waals surface area contributed by atoms with Crippen molar-refractivity contribution in [1.82, 2.24) is 20.1 Å². The number of aryl methyl sites for hydroxylation is 1. The highest BCUT2D eigenvalue weighted by Crippen LogP contribution is 2.30. The van der Waals surface area contributed by atoms with Gasteiger partial charge in [-0.15, -0.1) is 10.2 Å². The molecular weight excluding hydrogens is 430 g/mol. The summed E-state index contributed by atoms with van der Waals surface area (Å²) < 4.78 is 7.62. The number of nitrogens with zero attached hydrogens (tertiary/aromatic N) is 4. The van der Waals surface area contributed by atoms with E-state index < -0.39 is 12.1 Å². The molecule has 0 fully saturated rings. The molecule has 0 bridgehead atoms. The van der Waals surface area contributed by atoms with Crippen molar-refractivity contribution in [2.24, 2.45) is 4.99 Å². The van der Waals surface area contributed by atoms with Gasteiger partial charge in [0.2, 0.25) is 0 Å². The Bertz CT molecular complexity index is 1580. The summed E-state index contributed by atoms with van der Waals surface area (Å²) in [6.45, 7) is 1.87. The predicted octanol–water partition coefficient (Wildman–Crippen LogP) is 4.31. The zero-order valence-corrected chi connectivity index (χ0v) is 18.1. The number of carbonyl (C=O) groups excluding carboxylic acids is 1. The number of aromatic nitrogens is 3. The molecule has 1 aliphatic rings. The van der Waals surface area contributed by atoms with Gasteiger partial charge >= 0.3 is 0 Å². The van der Waals surface area contributed by atoms with Crippen LogP contribution in [-0.4, -0.2) is 31.5 Å². The predicted molar refractivity (Wildman–Crippen MR) is 126 cm³/mol. The van der Waals surface area contributed by atoms with Gasteiger partial charge in [-0.05, 0) is 37.3 Å². The molecule has 3 aromatic carbocycles. The second-order valence-corrected chi connectivity index (χ2v) is 8.01. The van der Waals surface area contributed by atoms with Crippen LogP contribution in [0.5, 0.6) is 5.75 Å². The monoisotopic (exact) mass is 449 g/mol. The molecule has 0 spiro atoms. The minimum Gasteiger partial charge on any atom is -0.508 e. The van der Waals surface area contributed by atoms with Crippen molar-refractivity contribution < 1.29 is 14.3 Å². The first kappa shape index (κ1) is 19.9. The molecular formula is C26H19N5O3. The highest BCUT2D eigenvalue weighted by atomic mass is 16.3. The van der Waals surface area contributed by atoms with E-state index in [1.165, 1.54) is 6.07 Å². The fraction of sp³-hybridized carbons (Fsp3) is 0.0769. The van der Waals surface area contributed by atoms with E-state index in [0.717, 1.165) is 22.5 Å². The third-order valence-electron chi connectivity index (χ3n) is 5.79. The van der Waals surface area contributed by atoms with E-state index in [1.54, 1.807) is 18.2 Å². The van der Waals surface area contributed by atoms with E-state index >= 15 is 0 Å². The van der Waals surface area contributed by atoms with E-state index in [4.69, 9.17) is 9.41 Å². The maximum Gasteiger partial charge on any atom is 0.289 e. The van der Waals surface area contributed by atoms with Crippen LogP contribution in [0, 0.1) is 6.92 Å². The molecule has 5 aromatic rings. The maximum absolute atomic E-state index is 13.2. The Morgan fingerprint density at radius 3 is 2.65 bits per heavy atom. The number of aromatic hydroxyl groups is 1. The van der Waals surface area contributed by atoms with Crippen LogP contribution in [-0.2, 0) is 0 Å². The lowest BCUT2D eigenvalue weighted by Gasteiger charge is -2.13. The lowest BCUT2D eigenvalue weighted by molar-refractivity contribution is 0.0910. The molecule has 1 amide bonds.